The van der Waals surface area contributed by atoms with Crippen LogP contribution < -0.4 is 5.32 Å². The van der Waals surface area contributed by atoms with Gasteiger partial charge in [-0.25, -0.2) is 4.98 Å². The second-order valence-corrected chi connectivity index (χ2v) is 3.86. The maximum Gasteiger partial charge on any atom is 0.151 e. The van der Waals surface area contributed by atoms with Crippen LogP contribution in [-0.4, -0.2) is 16.4 Å². The van der Waals surface area contributed by atoms with Crippen molar-refractivity contribution < 1.29 is 4.42 Å². The number of aromatic nitrogens is 2. The number of nitrogens with one attached hydrogen (secondary N) is 1. The molecular weight excluding hydrogens is 214 g/mol. The van der Waals surface area contributed by atoms with E-state index in [0.717, 1.165) is 29.4 Å². The van der Waals surface area contributed by atoms with Crippen molar-refractivity contribution in [3.05, 3.63) is 48.5 Å². The largest absolute Gasteiger partial charge is 0.458 e. The SMILES string of the molecule is CNCc1ccc(-c2cccc3nccn23)o1. The number of imidazole rings is 1. The average molecular weight is 227 g/mol. The van der Waals surface area contributed by atoms with Crippen LogP contribution in [0, 0.1) is 0 Å². The van der Waals surface area contributed by atoms with Crippen LogP contribution in [0.5, 0.6) is 0 Å². The van der Waals surface area contributed by atoms with E-state index < -0.39 is 0 Å². The Morgan fingerprint density at radius 1 is 1.29 bits per heavy atom. The molecule has 3 rings (SSSR count). The molecule has 0 aliphatic heterocycles. The van der Waals surface area contributed by atoms with Crippen LogP contribution in [0.2, 0.25) is 0 Å². The molecule has 0 amide bonds. The molecule has 86 valence electrons. The molecule has 3 aromatic rings. The molecule has 0 spiro atoms. The summed E-state index contributed by atoms with van der Waals surface area (Å²) < 4.78 is 7.79. The Labute approximate surface area is 98.9 Å². The molecule has 3 heterocycles. The van der Waals surface area contributed by atoms with Gasteiger partial charge < -0.3 is 9.73 Å². The summed E-state index contributed by atoms with van der Waals surface area (Å²) in [6.07, 6.45) is 3.72. The van der Waals surface area contributed by atoms with E-state index >= 15 is 0 Å². The number of pyridine rings is 1. The molecule has 0 aliphatic carbocycles. The third-order valence-electron chi connectivity index (χ3n) is 2.69. The summed E-state index contributed by atoms with van der Waals surface area (Å²) >= 11 is 0. The number of furan rings is 1. The van der Waals surface area contributed by atoms with Gasteiger partial charge in [0.15, 0.2) is 5.76 Å². The van der Waals surface area contributed by atoms with Crippen LogP contribution in [0.1, 0.15) is 5.76 Å². The number of hydrogen-bond acceptors (Lipinski definition) is 3. The Kier molecular flexibility index (Phi) is 2.42. The van der Waals surface area contributed by atoms with Gasteiger partial charge in [0.2, 0.25) is 0 Å². The van der Waals surface area contributed by atoms with Gasteiger partial charge in [-0.15, -0.1) is 0 Å². The molecule has 3 aromatic heterocycles. The number of nitrogens with zero attached hydrogens (tertiary/aromatic N) is 2. The van der Waals surface area contributed by atoms with E-state index in [9.17, 15) is 0 Å². The molecule has 1 N–H and O–H groups in total. The topological polar surface area (TPSA) is 42.5 Å². The van der Waals surface area contributed by atoms with Crippen LogP contribution in [-0.2, 0) is 6.54 Å². The zero-order valence-electron chi connectivity index (χ0n) is 9.55. The average Bonchev–Trinajstić information content (AvgIpc) is 2.96. The summed E-state index contributed by atoms with van der Waals surface area (Å²) in [5, 5.41) is 3.07. The summed E-state index contributed by atoms with van der Waals surface area (Å²) in [5.74, 6) is 1.79. The highest BCUT2D eigenvalue weighted by Crippen LogP contribution is 2.22. The van der Waals surface area contributed by atoms with Crippen molar-refractivity contribution in [2.45, 2.75) is 6.54 Å². The van der Waals surface area contributed by atoms with Gasteiger partial charge >= 0.3 is 0 Å². The maximum absolute atomic E-state index is 5.78. The van der Waals surface area contributed by atoms with Crippen LogP contribution in [0.3, 0.4) is 0 Å². The summed E-state index contributed by atoms with van der Waals surface area (Å²) in [4.78, 5) is 4.26. The van der Waals surface area contributed by atoms with E-state index in [4.69, 9.17) is 4.42 Å². The Bertz CT molecular complexity index is 639. The molecule has 0 bridgehead atoms. The zero-order valence-corrected chi connectivity index (χ0v) is 9.55. The highest BCUT2D eigenvalue weighted by molar-refractivity contribution is 5.58. The molecule has 17 heavy (non-hydrogen) atoms. The van der Waals surface area contributed by atoms with E-state index in [0.29, 0.717) is 0 Å². The fourth-order valence-corrected chi connectivity index (χ4v) is 1.93. The minimum absolute atomic E-state index is 0.736. The Balaban J connectivity index is 2.10. The third kappa shape index (κ3) is 1.72. The van der Waals surface area contributed by atoms with Gasteiger partial charge in [-0.1, -0.05) is 6.07 Å². The van der Waals surface area contributed by atoms with Gasteiger partial charge in [0.25, 0.3) is 0 Å². The predicted octanol–water partition coefficient (Wildman–Crippen LogP) is 2.31. The van der Waals surface area contributed by atoms with Crippen molar-refractivity contribution in [2.75, 3.05) is 7.05 Å². The number of rotatable bonds is 3. The van der Waals surface area contributed by atoms with Crippen molar-refractivity contribution in [2.24, 2.45) is 0 Å². The van der Waals surface area contributed by atoms with Gasteiger partial charge in [0.05, 0.1) is 12.2 Å². The highest BCUT2D eigenvalue weighted by atomic mass is 16.3. The smallest absolute Gasteiger partial charge is 0.151 e. The van der Waals surface area contributed by atoms with E-state index in [-0.39, 0.29) is 0 Å². The first kappa shape index (κ1) is 10.1. The monoisotopic (exact) mass is 227 g/mol. The van der Waals surface area contributed by atoms with E-state index in [1.165, 1.54) is 0 Å². The molecule has 0 aromatic carbocycles. The van der Waals surface area contributed by atoms with Crippen LogP contribution in [0.4, 0.5) is 0 Å². The first-order chi connectivity index (χ1) is 8.38. The third-order valence-corrected chi connectivity index (χ3v) is 2.69. The zero-order chi connectivity index (χ0) is 11.7. The van der Waals surface area contributed by atoms with E-state index in [2.05, 4.69) is 10.3 Å². The molecule has 4 nitrogen and oxygen atoms in total. The predicted molar refractivity (Wildman–Crippen MR) is 65.7 cm³/mol. The van der Waals surface area contributed by atoms with E-state index in [1.54, 1.807) is 6.20 Å². The molecular formula is C13H13N3O. The summed E-state index contributed by atoms with van der Waals surface area (Å²) in [6.45, 7) is 0.736. The van der Waals surface area contributed by atoms with Gasteiger partial charge in [0.1, 0.15) is 11.4 Å². The normalized spacial score (nSPS) is 11.1. The number of fused-ring (bicyclic) bond motifs is 1. The molecule has 0 unspecified atom stereocenters. The van der Waals surface area contributed by atoms with Gasteiger partial charge in [-0.05, 0) is 31.3 Å². The Morgan fingerprint density at radius 3 is 3.12 bits per heavy atom. The van der Waals surface area contributed by atoms with Crippen molar-refractivity contribution in [3.63, 3.8) is 0 Å². The van der Waals surface area contributed by atoms with Gasteiger partial charge in [-0.2, -0.15) is 0 Å². The van der Waals surface area contributed by atoms with Crippen LogP contribution in [0.15, 0.2) is 47.1 Å². The lowest BCUT2D eigenvalue weighted by molar-refractivity contribution is 0.505. The summed E-state index contributed by atoms with van der Waals surface area (Å²) in [7, 11) is 1.90. The summed E-state index contributed by atoms with van der Waals surface area (Å²) in [6, 6.07) is 9.96. The second-order valence-electron chi connectivity index (χ2n) is 3.86. The van der Waals surface area contributed by atoms with Crippen molar-refractivity contribution in [3.8, 4) is 11.5 Å². The second kappa shape index (κ2) is 4.07. The van der Waals surface area contributed by atoms with Crippen molar-refractivity contribution in [1.82, 2.24) is 14.7 Å². The van der Waals surface area contributed by atoms with Gasteiger partial charge in [0, 0.05) is 12.4 Å². The molecule has 0 saturated carbocycles. The maximum atomic E-state index is 5.78. The lowest BCUT2D eigenvalue weighted by Crippen LogP contribution is -2.03. The lowest BCUT2D eigenvalue weighted by Gasteiger charge is -2.01. The standard InChI is InChI=1S/C13H13N3O/c1-14-9-10-5-6-12(17-10)11-3-2-4-13-15-7-8-16(11)13/h2-8,14H,9H2,1H3. The molecule has 0 fully saturated rings. The van der Waals surface area contributed by atoms with E-state index in [1.807, 2.05) is 48.0 Å². The first-order valence-electron chi connectivity index (χ1n) is 5.54. The quantitative estimate of drug-likeness (QED) is 0.746. The Morgan fingerprint density at radius 2 is 2.24 bits per heavy atom. The fraction of sp³-hybridized carbons (Fsp3) is 0.154. The van der Waals surface area contributed by atoms with Crippen LogP contribution in [0.25, 0.3) is 17.1 Å². The first-order valence-corrected chi connectivity index (χ1v) is 5.54. The molecule has 0 atom stereocenters. The summed E-state index contributed by atoms with van der Waals surface area (Å²) in [5.41, 5.74) is 1.94. The lowest BCUT2D eigenvalue weighted by atomic mass is 10.3. The molecule has 0 radical (unpaired) electrons. The van der Waals surface area contributed by atoms with Crippen molar-refractivity contribution >= 4 is 5.65 Å². The molecule has 0 aliphatic rings. The minimum Gasteiger partial charge on any atom is -0.458 e. The molecule has 4 heteroatoms. The van der Waals surface area contributed by atoms with Crippen LogP contribution >= 0.6 is 0 Å². The Hall–Kier alpha value is -2.07. The minimum atomic E-state index is 0.736. The van der Waals surface area contributed by atoms with Crippen molar-refractivity contribution in [1.29, 1.82) is 0 Å². The number of hydrogen-bond donors (Lipinski definition) is 1. The van der Waals surface area contributed by atoms with Gasteiger partial charge in [-0.3, -0.25) is 4.40 Å². The highest BCUT2D eigenvalue weighted by Gasteiger charge is 2.07. The fourth-order valence-electron chi connectivity index (χ4n) is 1.93. The molecule has 0 saturated heterocycles.